The number of halogens is 1. The third-order valence-electron chi connectivity index (χ3n) is 7.20. The van der Waals surface area contributed by atoms with Gasteiger partial charge in [-0.15, -0.1) is 0 Å². The summed E-state index contributed by atoms with van der Waals surface area (Å²) in [6, 6.07) is 23.7. The van der Waals surface area contributed by atoms with Crippen molar-refractivity contribution in [3.63, 3.8) is 0 Å². The van der Waals surface area contributed by atoms with Crippen LogP contribution in [0.2, 0.25) is 0 Å². The maximum Gasteiger partial charge on any atom is 0.282 e. The zero-order valence-corrected chi connectivity index (χ0v) is 27.2. The zero-order valence-electron chi connectivity index (χ0n) is 25.6. The van der Waals surface area contributed by atoms with Crippen molar-refractivity contribution in [2.75, 3.05) is 26.1 Å². The molecule has 45 heavy (non-hydrogen) atoms. The first kappa shape index (κ1) is 31.5. The highest BCUT2D eigenvalue weighted by atomic mass is 79.9. The minimum absolute atomic E-state index is 0.178. The Bertz CT molecular complexity index is 1950. The van der Waals surface area contributed by atoms with E-state index in [1.54, 1.807) is 49.7 Å². The molecular formula is C35H33BrN4O5. The van der Waals surface area contributed by atoms with Gasteiger partial charge in [-0.2, -0.15) is 9.78 Å². The maximum atomic E-state index is 13.8. The van der Waals surface area contributed by atoms with Crippen molar-refractivity contribution in [3.05, 3.63) is 110 Å². The van der Waals surface area contributed by atoms with Crippen molar-refractivity contribution in [3.8, 4) is 28.6 Å². The van der Waals surface area contributed by atoms with Gasteiger partial charge >= 0.3 is 0 Å². The first-order valence-electron chi connectivity index (χ1n) is 14.3. The van der Waals surface area contributed by atoms with Gasteiger partial charge < -0.3 is 19.5 Å². The van der Waals surface area contributed by atoms with Crippen LogP contribution in [0.15, 0.2) is 93.2 Å². The summed E-state index contributed by atoms with van der Waals surface area (Å²) in [5.41, 5.74) is 4.22. The predicted octanol–water partition coefficient (Wildman–Crippen LogP) is 7.17. The Hall–Kier alpha value is -4.96. The molecule has 0 radical (unpaired) electrons. The Morgan fingerprint density at radius 2 is 1.69 bits per heavy atom. The number of nitrogens with one attached hydrogen (secondary N) is 1. The molecule has 0 unspecified atom stereocenters. The highest BCUT2D eigenvalue weighted by Gasteiger charge is 2.19. The summed E-state index contributed by atoms with van der Waals surface area (Å²) in [4.78, 5) is 31.2. The SMILES string of the molecule is COc1cc(C=Nn2c(-c3cc(C(C)C)c(OC)cc3C)nc3ccccc3c2=O)c(Br)cc1OCC(=O)Nc1ccccc1. The van der Waals surface area contributed by atoms with Crippen LogP contribution >= 0.6 is 15.9 Å². The lowest BCUT2D eigenvalue weighted by Gasteiger charge is -2.17. The number of amides is 1. The Morgan fingerprint density at radius 3 is 2.40 bits per heavy atom. The van der Waals surface area contributed by atoms with E-state index in [9.17, 15) is 9.59 Å². The van der Waals surface area contributed by atoms with Crippen molar-refractivity contribution in [2.45, 2.75) is 26.7 Å². The normalized spacial score (nSPS) is 11.3. The number of hydrogen-bond donors (Lipinski definition) is 1. The number of fused-ring (bicyclic) bond motifs is 1. The van der Waals surface area contributed by atoms with E-state index in [4.69, 9.17) is 19.2 Å². The molecule has 0 bridgehead atoms. The Morgan fingerprint density at radius 1 is 0.978 bits per heavy atom. The smallest absolute Gasteiger partial charge is 0.282 e. The van der Waals surface area contributed by atoms with Crippen LogP contribution in [0, 0.1) is 6.92 Å². The number of rotatable bonds is 10. The van der Waals surface area contributed by atoms with Crippen molar-refractivity contribution in [1.29, 1.82) is 0 Å². The molecule has 5 rings (SSSR count). The fraction of sp³-hybridized carbons (Fsp3) is 0.200. The number of para-hydroxylation sites is 2. The summed E-state index contributed by atoms with van der Waals surface area (Å²) in [5, 5.41) is 7.88. The number of aryl methyl sites for hydroxylation is 1. The summed E-state index contributed by atoms with van der Waals surface area (Å²) < 4.78 is 18.9. The number of nitrogens with zero attached hydrogens (tertiary/aromatic N) is 3. The number of benzene rings is 4. The fourth-order valence-electron chi connectivity index (χ4n) is 4.88. The number of hydrogen-bond acceptors (Lipinski definition) is 7. The van der Waals surface area contributed by atoms with Crippen molar-refractivity contribution in [2.24, 2.45) is 5.10 Å². The van der Waals surface area contributed by atoms with Crippen LogP contribution in [0.1, 0.15) is 36.5 Å². The zero-order chi connectivity index (χ0) is 32.1. The molecule has 230 valence electrons. The van der Waals surface area contributed by atoms with Gasteiger partial charge in [-0.05, 0) is 88.4 Å². The van der Waals surface area contributed by atoms with Gasteiger partial charge in [0, 0.05) is 21.3 Å². The lowest BCUT2D eigenvalue weighted by atomic mass is 9.96. The number of carbonyl (C=O) groups is 1. The fourth-order valence-corrected chi connectivity index (χ4v) is 5.30. The second kappa shape index (κ2) is 13.8. The van der Waals surface area contributed by atoms with Gasteiger partial charge in [-0.25, -0.2) is 4.98 Å². The third-order valence-corrected chi connectivity index (χ3v) is 7.89. The van der Waals surface area contributed by atoms with Crippen LogP contribution in [0.4, 0.5) is 5.69 Å². The molecule has 4 aromatic carbocycles. The minimum atomic E-state index is -0.310. The predicted molar refractivity (Wildman–Crippen MR) is 181 cm³/mol. The molecule has 0 spiro atoms. The first-order valence-corrected chi connectivity index (χ1v) is 15.1. The summed E-state index contributed by atoms with van der Waals surface area (Å²) in [5.74, 6) is 1.81. The second-order valence-corrected chi connectivity index (χ2v) is 11.5. The molecule has 0 aliphatic carbocycles. The van der Waals surface area contributed by atoms with Crippen LogP contribution in [-0.4, -0.2) is 42.6 Å². The van der Waals surface area contributed by atoms with Crippen LogP contribution < -0.4 is 25.1 Å². The average Bonchev–Trinajstić information content (AvgIpc) is 3.04. The summed E-state index contributed by atoms with van der Waals surface area (Å²) >= 11 is 3.58. The Balaban J connectivity index is 1.52. The largest absolute Gasteiger partial charge is 0.496 e. The molecule has 0 atom stereocenters. The van der Waals surface area contributed by atoms with E-state index in [2.05, 4.69) is 40.2 Å². The van der Waals surface area contributed by atoms with E-state index < -0.39 is 0 Å². The number of methoxy groups -OCH3 is 2. The lowest BCUT2D eigenvalue weighted by molar-refractivity contribution is -0.118. The quantitative estimate of drug-likeness (QED) is 0.158. The van der Waals surface area contributed by atoms with Gasteiger partial charge in [-0.1, -0.05) is 44.2 Å². The van der Waals surface area contributed by atoms with Crippen LogP contribution in [-0.2, 0) is 4.79 Å². The molecule has 1 N–H and O–H groups in total. The second-order valence-electron chi connectivity index (χ2n) is 10.6. The van der Waals surface area contributed by atoms with Gasteiger partial charge in [-0.3, -0.25) is 9.59 Å². The molecule has 9 nitrogen and oxygen atoms in total. The van der Waals surface area contributed by atoms with E-state index in [-0.39, 0.29) is 24.0 Å². The number of carbonyl (C=O) groups excluding carboxylic acids is 1. The van der Waals surface area contributed by atoms with Gasteiger partial charge in [0.25, 0.3) is 11.5 Å². The highest BCUT2D eigenvalue weighted by Crippen LogP contribution is 2.35. The van der Waals surface area contributed by atoms with Crippen LogP contribution in [0.3, 0.4) is 0 Å². The molecule has 10 heteroatoms. The summed E-state index contributed by atoms with van der Waals surface area (Å²) in [7, 11) is 3.16. The Kier molecular flexibility index (Phi) is 9.63. The molecular weight excluding hydrogens is 636 g/mol. The van der Waals surface area contributed by atoms with Gasteiger partial charge in [0.1, 0.15) is 5.75 Å². The molecule has 0 aliphatic rings. The Labute approximate surface area is 269 Å². The molecule has 5 aromatic rings. The monoisotopic (exact) mass is 668 g/mol. The standard InChI is InChI=1S/C35H33BrN4O5/c1-21(2)26-17-27(22(3)15-30(26)43-4)34-39-29-14-10-9-13-25(29)35(42)40(34)37-19-23-16-31(44-5)32(18-28(23)36)45-20-33(41)38-24-11-7-6-8-12-24/h6-19,21H,20H2,1-5H3,(H,38,41). The molecule has 1 amide bonds. The van der Waals surface area contributed by atoms with Crippen molar-refractivity contribution in [1.82, 2.24) is 9.66 Å². The topological polar surface area (TPSA) is 104 Å². The van der Waals surface area contributed by atoms with Gasteiger partial charge in [0.05, 0.1) is 31.3 Å². The van der Waals surface area contributed by atoms with Crippen LogP contribution in [0.25, 0.3) is 22.3 Å². The maximum absolute atomic E-state index is 13.8. The first-order chi connectivity index (χ1) is 21.7. The molecule has 0 aliphatic heterocycles. The van der Waals surface area contributed by atoms with Crippen LogP contribution in [0.5, 0.6) is 17.2 Å². The van der Waals surface area contributed by atoms with Crippen molar-refractivity contribution < 1.29 is 19.0 Å². The number of anilines is 1. The van der Waals surface area contributed by atoms with E-state index in [0.717, 1.165) is 22.4 Å². The average molecular weight is 670 g/mol. The lowest BCUT2D eigenvalue weighted by Crippen LogP contribution is -2.21. The molecule has 1 aromatic heterocycles. The van der Waals surface area contributed by atoms with Gasteiger partial charge in [0.15, 0.2) is 23.9 Å². The van der Waals surface area contributed by atoms with E-state index in [1.807, 2.05) is 49.4 Å². The molecule has 0 saturated heterocycles. The molecule has 1 heterocycles. The highest BCUT2D eigenvalue weighted by molar-refractivity contribution is 9.10. The third kappa shape index (κ3) is 6.91. The van der Waals surface area contributed by atoms with E-state index in [1.165, 1.54) is 11.8 Å². The molecule has 0 fully saturated rings. The number of ether oxygens (including phenoxy) is 3. The summed E-state index contributed by atoms with van der Waals surface area (Å²) in [6.45, 7) is 5.91. The molecule has 0 saturated carbocycles. The van der Waals surface area contributed by atoms with E-state index in [0.29, 0.717) is 43.9 Å². The minimum Gasteiger partial charge on any atom is -0.496 e. The van der Waals surface area contributed by atoms with E-state index >= 15 is 0 Å². The number of aromatic nitrogens is 2. The summed E-state index contributed by atoms with van der Waals surface area (Å²) in [6.07, 6.45) is 1.56. The van der Waals surface area contributed by atoms with Gasteiger partial charge in [0.2, 0.25) is 0 Å². The van der Waals surface area contributed by atoms with Crippen molar-refractivity contribution >= 4 is 44.6 Å².